The van der Waals surface area contributed by atoms with E-state index in [0.717, 1.165) is 11.5 Å². The normalized spacial score (nSPS) is 16.8. The summed E-state index contributed by atoms with van der Waals surface area (Å²) in [6, 6.07) is 3.40. The Morgan fingerprint density at radius 1 is 1.44 bits per heavy atom. The van der Waals surface area contributed by atoms with Crippen LogP contribution in [0.5, 0.6) is 0 Å². The minimum absolute atomic E-state index is 0.0533. The number of carbonyl (C=O) groups is 2. The molecule has 0 unspecified atom stereocenters. The number of hydrogen-bond donors (Lipinski definition) is 2. The van der Waals surface area contributed by atoms with Gasteiger partial charge in [-0.15, -0.1) is 11.3 Å². The van der Waals surface area contributed by atoms with Crippen molar-refractivity contribution in [3.8, 4) is 0 Å². The number of hydrogen-bond acceptors (Lipinski definition) is 4. The van der Waals surface area contributed by atoms with E-state index in [1.807, 2.05) is 4.90 Å². The Morgan fingerprint density at radius 2 is 2.25 bits per heavy atom. The smallest absolute Gasteiger partial charge is 0.345 e. The van der Waals surface area contributed by atoms with Gasteiger partial charge in [-0.25, -0.2) is 4.79 Å². The van der Waals surface area contributed by atoms with E-state index in [2.05, 4.69) is 5.32 Å². The van der Waals surface area contributed by atoms with Crippen molar-refractivity contribution in [1.29, 1.82) is 0 Å². The Bertz CT molecular complexity index is 416. The highest BCUT2D eigenvalue weighted by molar-refractivity contribution is 7.17. The number of thiophene rings is 1. The molecule has 1 saturated heterocycles. The van der Waals surface area contributed by atoms with E-state index >= 15 is 0 Å². The minimum Gasteiger partial charge on any atom is -0.477 e. The quantitative estimate of drug-likeness (QED) is 0.801. The molecular formula is C10H12N2O3S. The van der Waals surface area contributed by atoms with E-state index in [1.54, 1.807) is 12.1 Å². The molecule has 5 nitrogen and oxygen atoms in total. The molecule has 2 heterocycles. The number of amides is 1. The fraction of sp³-hybridized carbons (Fsp3) is 0.400. The molecule has 0 aliphatic carbocycles. The van der Waals surface area contributed by atoms with E-state index in [4.69, 9.17) is 5.11 Å². The summed E-state index contributed by atoms with van der Waals surface area (Å²) in [6.07, 6.45) is 0.459. The monoisotopic (exact) mass is 240 g/mol. The van der Waals surface area contributed by atoms with Crippen molar-refractivity contribution in [2.75, 3.05) is 24.5 Å². The fourth-order valence-electron chi connectivity index (χ4n) is 1.60. The molecule has 1 fully saturated rings. The molecule has 1 aliphatic rings. The van der Waals surface area contributed by atoms with Gasteiger partial charge in [0.1, 0.15) is 4.88 Å². The SMILES string of the molecule is O=C1CCN(c2ccc(C(=O)O)s2)CCN1. The number of carboxylic acid groups (broad SMARTS) is 1. The van der Waals surface area contributed by atoms with E-state index in [0.29, 0.717) is 24.4 Å². The number of anilines is 1. The first kappa shape index (κ1) is 10.9. The Kier molecular flexibility index (Phi) is 3.09. The van der Waals surface area contributed by atoms with Crippen LogP contribution in [0.2, 0.25) is 0 Å². The first-order chi connectivity index (χ1) is 7.66. The van der Waals surface area contributed by atoms with E-state index < -0.39 is 5.97 Å². The van der Waals surface area contributed by atoms with E-state index in [-0.39, 0.29) is 5.91 Å². The Labute approximate surface area is 96.7 Å². The largest absolute Gasteiger partial charge is 0.477 e. The zero-order valence-electron chi connectivity index (χ0n) is 8.60. The topological polar surface area (TPSA) is 69.6 Å². The minimum atomic E-state index is -0.903. The number of carbonyl (C=O) groups excluding carboxylic acids is 1. The van der Waals surface area contributed by atoms with Crippen LogP contribution in [0.25, 0.3) is 0 Å². The number of nitrogens with zero attached hydrogens (tertiary/aromatic N) is 1. The second kappa shape index (κ2) is 4.52. The van der Waals surface area contributed by atoms with Gasteiger partial charge >= 0.3 is 5.97 Å². The van der Waals surface area contributed by atoms with Gasteiger partial charge in [0.15, 0.2) is 0 Å². The standard InChI is InChI=1S/C10H12N2O3S/c13-8-3-5-12(6-4-11-8)9-2-1-7(16-9)10(14)15/h1-2H,3-6H2,(H,11,13)(H,14,15). The number of aromatic carboxylic acids is 1. The van der Waals surface area contributed by atoms with Crippen molar-refractivity contribution in [2.24, 2.45) is 0 Å². The second-order valence-electron chi connectivity index (χ2n) is 3.53. The van der Waals surface area contributed by atoms with Crippen LogP contribution in [0, 0.1) is 0 Å². The predicted molar refractivity (Wildman–Crippen MR) is 61.1 cm³/mol. The van der Waals surface area contributed by atoms with Gasteiger partial charge in [0.05, 0.1) is 5.00 Å². The fourth-order valence-corrected chi connectivity index (χ4v) is 2.50. The van der Waals surface area contributed by atoms with Crippen molar-refractivity contribution in [3.05, 3.63) is 17.0 Å². The van der Waals surface area contributed by atoms with Gasteiger partial charge in [-0.05, 0) is 12.1 Å². The highest BCUT2D eigenvalue weighted by Crippen LogP contribution is 2.26. The van der Waals surface area contributed by atoms with Crippen molar-refractivity contribution in [1.82, 2.24) is 5.32 Å². The van der Waals surface area contributed by atoms with Gasteiger partial charge in [0, 0.05) is 26.1 Å². The van der Waals surface area contributed by atoms with Crippen LogP contribution < -0.4 is 10.2 Å². The third-order valence-electron chi connectivity index (χ3n) is 2.43. The molecule has 0 aromatic carbocycles. The molecule has 0 radical (unpaired) electrons. The summed E-state index contributed by atoms with van der Waals surface area (Å²) in [4.78, 5) is 24.3. The van der Waals surface area contributed by atoms with Gasteiger partial charge in [-0.1, -0.05) is 0 Å². The summed E-state index contributed by atoms with van der Waals surface area (Å²) in [7, 11) is 0. The third-order valence-corrected chi connectivity index (χ3v) is 3.56. The molecule has 0 saturated carbocycles. The van der Waals surface area contributed by atoms with Crippen LogP contribution in [-0.4, -0.2) is 36.6 Å². The van der Waals surface area contributed by atoms with Crippen LogP contribution in [0.4, 0.5) is 5.00 Å². The molecule has 2 N–H and O–H groups in total. The van der Waals surface area contributed by atoms with Crippen molar-refractivity contribution in [2.45, 2.75) is 6.42 Å². The third kappa shape index (κ3) is 2.33. The second-order valence-corrected chi connectivity index (χ2v) is 4.59. The van der Waals surface area contributed by atoms with Gasteiger partial charge in [-0.2, -0.15) is 0 Å². The summed E-state index contributed by atoms with van der Waals surface area (Å²) >= 11 is 1.25. The Balaban J connectivity index is 2.10. The molecule has 0 spiro atoms. The maximum Gasteiger partial charge on any atom is 0.345 e. The molecule has 0 bridgehead atoms. The van der Waals surface area contributed by atoms with E-state index in [1.165, 1.54) is 11.3 Å². The number of carboxylic acids is 1. The van der Waals surface area contributed by atoms with Gasteiger partial charge < -0.3 is 15.3 Å². The van der Waals surface area contributed by atoms with Crippen molar-refractivity contribution >= 4 is 28.2 Å². The molecule has 6 heteroatoms. The summed E-state index contributed by atoms with van der Waals surface area (Å²) in [5.41, 5.74) is 0. The highest BCUT2D eigenvalue weighted by Gasteiger charge is 2.16. The lowest BCUT2D eigenvalue weighted by Crippen LogP contribution is -2.27. The van der Waals surface area contributed by atoms with Crippen LogP contribution in [-0.2, 0) is 4.79 Å². The average molecular weight is 240 g/mol. The Morgan fingerprint density at radius 3 is 2.94 bits per heavy atom. The molecule has 2 rings (SSSR count). The maximum atomic E-state index is 11.1. The lowest BCUT2D eigenvalue weighted by molar-refractivity contribution is -0.120. The number of rotatable bonds is 2. The highest BCUT2D eigenvalue weighted by atomic mass is 32.1. The lowest BCUT2D eigenvalue weighted by atomic mass is 10.4. The first-order valence-corrected chi connectivity index (χ1v) is 5.83. The Hall–Kier alpha value is -1.56. The van der Waals surface area contributed by atoms with Crippen molar-refractivity contribution < 1.29 is 14.7 Å². The summed E-state index contributed by atoms with van der Waals surface area (Å²) < 4.78 is 0. The molecule has 86 valence electrons. The number of nitrogens with one attached hydrogen (secondary N) is 1. The molecule has 1 aromatic rings. The first-order valence-electron chi connectivity index (χ1n) is 5.01. The molecule has 16 heavy (non-hydrogen) atoms. The van der Waals surface area contributed by atoms with E-state index in [9.17, 15) is 9.59 Å². The van der Waals surface area contributed by atoms with Gasteiger partial charge in [0.25, 0.3) is 0 Å². The summed E-state index contributed by atoms with van der Waals surface area (Å²) in [5, 5.41) is 12.5. The molecular weight excluding hydrogens is 228 g/mol. The van der Waals surface area contributed by atoms with Crippen LogP contribution in [0.15, 0.2) is 12.1 Å². The molecule has 1 amide bonds. The van der Waals surface area contributed by atoms with Gasteiger partial charge in [-0.3, -0.25) is 4.79 Å². The van der Waals surface area contributed by atoms with Crippen LogP contribution in [0.1, 0.15) is 16.1 Å². The maximum absolute atomic E-state index is 11.1. The van der Waals surface area contributed by atoms with Crippen LogP contribution >= 0.6 is 11.3 Å². The average Bonchev–Trinajstić information content (AvgIpc) is 2.63. The van der Waals surface area contributed by atoms with Gasteiger partial charge in [0.2, 0.25) is 5.91 Å². The zero-order chi connectivity index (χ0) is 11.5. The predicted octanol–water partition coefficient (Wildman–Crippen LogP) is 0.773. The zero-order valence-corrected chi connectivity index (χ0v) is 9.42. The lowest BCUT2D eigenvalue weighted by Gasteiger charge is -2.19. The summed E-state index contributed by atoms with van der Waals surface area (Å²) in [5.74, 6) is -0.849. The summed E-state index contributed by atoms with van der Waals surface area (Å²) in [6.45, 7) is 1.98. The van der Waals surface area contributed by atoms with Crippen molar-refractivity contribution in [3.63, 3.8) is 0 Å². The molecule has 0 atom stereocenters. The molecule has 1 aliphatic heterocycles. The van der Waals surface area contributed by atoms with Crippen LogP contribution in [0.3, 0.4) is 0 Å². The molecule has 1 aromatic heterocycles.